The summed E-state index contributed by atoms with van der Waals surface area (Å²) in [5, 5.41) is 23.6. The molecule has 0 radical (unpaired) electrons. The van der Waals surface area contributed by atoms with E-state index in [1.54, 1.807) is 19.9 Å². The number of aryl methyl sites for hydroxylation is 1. The summed E-state index contributed by atoms with van der Waals surface area (Å²) in [6.07, 6.45) is 1.32. The normalized spacial score (nSPS) is 11.7. The van der Waals surface area contributed by atoms with Crippen LogP contribution in [0, 0.1) is 18.3 Å². The third kappa shape index (κ3) is 4.75. The topological polar surface area (TPSA) is 85.2 Å². The summed E-state index contributed by atoms with van der Waals surface area (Å²) in [5.41, 5.74) is 1.02. The van der Waals surface area contributed by atoms with Gasteiger partial charge in [-0.2, -0.15) is 5.26 Å². The molecule has 0 bridgehead atoms. The average molecular weight is 273 g/mol. The smallest absolute Gasteiger partial charge is 0.267 e. The van der Waals surface area contributed by atoms with Crippen molar-refractivity contribution in [2.24, 2.45) is 0 Å². The van der Waals surface area contributed by atoms with Crippen LogP contribution < -0.4 is 10.6 Å². The standard InChI is InChI=1S/C15H19N3O2/c1-11-5-4-6-13(7-11)18-14(20)12(8-16)9-17-15(2,3)10-19/h4-7,9,17,19H,10H2,1-3H3,(H,18,20)/b12-9-. The molecule has 0 aliphatic heterocycles. The zero-order chi connectivity index (χ0) is 15.2. The van der Waals surface area contributed by atoms with Gasteiger partial charge in [0, 0.05) is 11.9 Å². The molecule has 20 heavy (non-hydrogen) atoms. The Bertz CT molecular complexity index is 556. The van der Waals surface area contributed by atoms with E-state index in [0.717, 1.165) is 5.56 Å². The predicted molar refractivity (Wildman–Crippen MR) is 77.8 cm³/mol. The predicted octanol–water partition coefficient (Wildman–Crippen LogP) is 1.70. The van der Waals surface area contributed by atoms with E-state index in [0.29, 0.717) is 5.69 Å². The second-order valence-electron chi connectivity index (χ2n) is 5.18. The fourth-order valence-corrected chi connectivity index (χ4v) is 1.38. The van der Waals surface area contributed by atoms with Gasteiger partial charge in [0.2, 0.25) is 0 Å². The summed E-state index contributed by atoms with van der Waals surface area (Å²) in [4.78, 5) is 12.0. The Morgan fingerprint density at radius 3 is 2.75 bits per heavy atom. The first-order chi connectivity index (χ1) is 9.38. The van der Waals surface area contributed by atoms with Crippen molar-refractivity contribution in [3.8, 4) is 6.07 Å². The minimum atomic E-state index is -0.592. The van der Waals surface area contributed by atoms with Crippen LogP contribution >= 0.6 is 0 Å². The first-order valence-electron chi connectivity index (χ1n) is 6.25. The first kappa shape index (κ1) is 15.7. The van der Waals surface area contributed by atoms with Crippen LogP contribution in [0.2, 0.25) is 0 Å². The number of nitrogens with zero attached hydrogens (tertiary/aromatic N) is 1. The number of nitrogens with one attached hydrogen (secondary N) is 2. The zero-order valence-corrected chi connectivity index (χ0v) is 11.9. The minimum absolute atomic E-state index is 0.0481. The summed E-state index contributed by atoms with van der Waals surface area (Å²) in [5.74, 6) is -0.487. The lowest BCUT2D eigenvalue weighted by molar-refractivity contribution is -0.112. The van der Waals surface area contributed by atoms with Crippen LogP contribution in [0.5, 0.6) is 0 Å². The monoisotopic (exact) mass is 273 g/mol. The molecular weight excluding hydrogens is 254 g/mol. The molecule has 1 amide bonds. The summed E-state index contributed by atoms with van der Waals surface area (Å²) in [6.45, 7) is 5.33. The number of rotatable bonds is 5. The van der Waals surface area contributed by atoms with E-state index in [1.165, 1.54) is 6.20 Å². The van der Waals surface area contributed by atoms with Crippen molar-refractivity contribution >= 4 is 11.6 Å². The Balaban J connectivity index is 2.78. The molecule has 0 fully saturated rings. The Hall–Kier alpha value is -2.32. The molecule has 1 aromatic carbocycles. The molecule has 1 rings (SSSR count). The Kier molecular flexibility index (Phi) is 5.30. The lowest BCUT2D eigenvalue weighted by Crippen LogP contribution is -2.39. The van der Waals surface area contributed by atoms with Gasteiger partial charge in [-0.3, -0.25) is 4.79 Å². The quantitative estimate of drug-likeness (QED) is 0.563. The third-order valence-electron chi connectivity index (χ3n) is 2.64. The lowest BCUT2D eigenvalue weighted by Gasteiger charge is -2.22. The highest BCUT2D eigenvalue weighted by molar-refractivity contribution is 6.06. The number of nitriles is 1. The Labute approximate surface area is 118 Å². The second-order valence-corrected chi connectivity index (χ2v) is 5.18. The van der Waals surface area contributed by atoms with Gasteiger partial charge in [0.05, 0.1) is 12.1 Å². The molecule has 106 valence electrons. The van der Waals surface area contributed by atoms with Crippen molar-refractivity contribution in [2.75, 3.05) is 11.9 Å². The number of aliphatic hydroxyl groups is 1. The molecule has 0 aromatic heterocycles. The molecule has 3 N–H and O–H groups in total. The summed E-state index contributed by atoms with van der Waals surface area (Å²) in [7, 11) is 0. The molecule has 5 heteroatoms. The van der Waals surface area contributed by atoms with Gasteiger partial charge < -0.3 is 15.7 Å². The second kappa shape index (κ2) is 6.73. The summed E-state index contributed by atoms with van der Waals surface area (Å²) < 4.78 is 0. The van der Waals surface area contributed by atoms with Crippen LogP contribution in [-0.4, -0.2) is 23.2 Å². The zero-order valence-electron chi connectivity index (χ0n) is 11.9. The summed E-state index contributed by atoms with van der Waals surface area (Å²) >= 11 is 0. The van der Waals surface area contributed by atoms with Crippen molar-refractivity contribution in [2.45, 2.75) is 26.3 Å². The molecule has 1 aromatic rings. The molecule has 0 aliphatic carbocycles. The van der Waals surface area contributed by atoms with Gasteiger partial charge in [0.1, 0.15) is 11.6 Å². The van der Waals surface area contributed by atoms with E-state index >= 15 is 0 Å². The van der Waals surface area contributed by atoms with Crippen molar-refractivity contribution < 1.29 is 9.90 Å². The highest BCUT2D eigenvalue weighted by atomic mass is 16.3. The number of anilines is 1. The van der Waals surface area contributed by atoms with Gasteiger partial charge in [-0.05, 0) is 38.5 Å². The van der Waals surface area contributed by atoms with Crippen LogP contribution in [0.1, 0.15) is 19.4 Å². The Morgan fingerprint density at radius 1 is 1.50 bits per heavy atom. The van der Waals surface area contributed by atoms with Crippen molar-refractivity contribution in [1.29, 1.82) is 5.26 Å². The molecule has 0 saturated carbocycles. The Morgan fingerprint density at radius 2 is 2.20 bits per heavy atom. The fourth-order valence-electron chi connectivity index (χ4n) is 1.38. The molecular formula is C15H19N3O2. The van der Waals surface area contributed by atoms with Crippen molar-refractivity contribution in [1.82, 2.24) is 5.32 Å². The number of hydrogen-bond acceptors (Lipinski definition) is 4. The van der Waals surface area contributed by atoms with Crippen molar-refractivity contribution in [3.05, 3.63) is 41.6 Å². The molecule has 0 aliphatic rings. The minimum Gasteiger partial charge on any atom is -0.394 e. The molecule has 5 nitrogen and oxygen atoms in total. The number of carbonyl (C=O) groups is 1. The van der Waals surface area contributed by atoms with Gasteiger partial charge >= 0.3 is 0 Å². The summed E-state index contributed by atoms with van der Waals surface area (Å²) in [6, 6.07) is 9.16. The largest absolute Gasteiger partial charge is 0.394 e. The molecule has 0 atom stereocenters. The highest BCUT2D eigenvalue weighted by Gasteiger charge is 2.15. The van der Waals surface area contributed by atoms with Crippen molar-refractivity contribution in [3.63, 3.8) is 0 Å². The van der Waals surface area contributed by atoms with Gasteiger partial charge in [0.15, 0.2) is 0 Å². The number of aliphatic hydroxyl groups excluding tert-OH is 1. The maximum atomic E-state index is 12.0. The number of amides is 1. The molecule has 0 spiro atoms. The van der Waals surface area contributed by atoms with Gasteiger partial charge in [-0.25, -0.2) is 0 Å². The van der Waals surface area contributed by atoms with Gasteiger partial charge in [0.25, 0.3) is 5.91 Å². The molecule has 0 heterocycles. The van der Waals surface area contributed by atoms with E-state index < -0.39 is 11.4 Å². The van der Waals surface area contributed by atoms with Crippen LogP contribution in [-0.2, 0) is 4.79 Å². The van der Waals surface area contributed by atoms with E-state index in [1.807, 2.05) is 31.2 Å². The van der Waals surface area contributed by atoms with Crippen LogP contribution in [0.25, 0.3) is 0 Å². The highest BCUT2D eigenvalue weighted by Crippen LogP contribution is 2.11. The van der Waals surface area contributed by atoms with Gasteiger partial charge in [-0.15, -0.1) is 0 Å². The van der Waals surface area contributed by atoms with E-state index in [4.69, 9.17) is 10.4 Å². The first-order valence-corrected chi connectivity index (χ1v) is 6.25. The average Bonchev–Trinajstić information content (AvgIpc) is 2.39. The van der Waals surface area contributed by atoms with Crippen LogP contribution in [0.15, 0.2) is 36.0 Å². The maximum Gasteiger partial charge on any atom is 0.267 e. The number of carbonyl (C=O) groups excluding carboxylic acids is 1. The van der Waals surface area contributed by atoms with Gasteiger partial charge in [-0.1, -0.05) is 12.1 Å². The number of benzene rings is 1. The van der Waals surface area contributed by atoms with E-state index in [2.05, 4.69) is 10.6 Å². The van der Waals surface area contributed by atoms with E-state index in [9.17, 15) is 4.79 Å². The number of hydrogen-bond donors (Lipinski definition) is 3. The molecule has 0 unspecified atom stereocenters. The van der Waals surface area contributed by atoms with E-state index in [-0.39, 0.29) is 12.2 Å². The van der Waals surface area contributed by atoms with Crippen LogP contribution in [0.3, 0.4) is 0 Å². The SMILES string of the molecule is Cc1cccc(NC(=O)/C(C#N)=C\NC(C)(C)CO)c1. The molecule has 0 saturated heterocycles. The lowest BCUT2D eigenvalue weighted by atomic mass is 10.1. The fraction of sp³-hybridized carbons (Fsp3) is 0.333. The maximum absolute atomic E-state index is 12.0. The third-order valence-corrected chi connectivity index (χ3v) is 2.64. The van der Waals surface area contributed by atoms with Crippen LogP contribution in [0.4, 0.5) is 5.69 Å².